The standard InChI is InChI=1S/C21H22N2O4S2/c1-3-27-17-11-9-16(10-12-17)15-22-21(24)20-19(13-14-28-20)23(2)29(25,26)18-7-5-4-6-8-18/h4-14H,3,15H2,1-2H3,(H,22,24). The van der Waals surface area contributed by atoms with Gasteiger partial charge in [-0.25, -0.2) is 8.42 Å². The lowest BCUT2D eigenvalue weighted by Gasteiger charge is -2.19. The second kappa shape index (κ2) is 9.11. The predicted octanol–water partition coefficient (Wildman–Crippen LogP) is 3.90. The minimum Gasteiger partial charge on any atom is -0.494 e. The highest BCUT2D eigenvalue weighted by atomic mass is 32.2. The molecule has 0 radical (unpaired) electrons. The molecule has 0 bridgehead atoms. The molecule has 1 amide bonds. The molecule has 0 spiro atoms. The van der Waals surface area contributed by atoms with Crippen molar-refractivity contribution in [3.63, 3.8) is 0 Å². The largest absolute Gasteiger partial charge is 0.494 e. The fourth-order valence-corrected chi connectivity index (χ4v) is 4.86. The maximum Gasteiger partial charge on any atom is 0.264 e. The Hall–Kier alpha value is -2.84. The van der Waals surface area contributed by atoms with Crippen molar-refractivity contribution in [3.05, 3.63) is 76.5 Å². The third-order valence-corrected chi connectivity index (χ3v) is 6.97. The van der Waals surface area contributed by atoms with Crippen LogP contribution in [0.4, 0.5) is 5.69 Å². The molecule has 0 aliphatic carbocycles. The average Bonchev–Trinajstić information content (AvgIpc) is 3.23. The summed E-state index contributed by atoms with van der Waals surface area (Å²) >= 11 is 1.20. The molecule has 0 saturated heterocycles. The SMILES string of the molecule is CCOc1ccc(CNC(=O)c2sccc2N(C)S(=O)(=O)c2ccccc2)cc1. The summed E-state index contributed by atoms with van der Waals surface area (Å²) in [6.07, 6.45) is 0. The molecule has 29 heavy (non-hydrogen) atoms. The van der Waals surface area contributed by atoms with Gasteiger partial charge < -0.3 is 10.1 Å². The van der Waals surface area contributed by atoms with Gasteiger partial charge in [0.25, 0.3) is 15.9 Å². The molecule has 2 aromatic carbocycles. The molecule has 3 rings (SSSR count). The zero-order valence-corrected chi connectivity index (χ0v) is 17.8. The molecule has 0 aliphatic heterocycles. The Morgan fingerprint density at radius 1 is 1.07 bits per heavy atom. The molecule has 1 aromatic heterocycles. The van der Waals surface area contributed by atoms with Gasteiger partial charge in [0.1, 0.15) is 10.6 Å². The molecule has 0 saturated carbocycles. The van der Waals surface area contributed by atoms with Crippen LogP contribution in [0.2, 0.25) is 0 Å². The number of carbonyl (C=O) groups excluding carboxylic acids is 1. The van der Waals surface area contributed by atoms with Crippen molar-refractivity contribution in [3.8, 4) is 5.75 Å². The molecule has 3 aromatic rings. The second-order valence-corrected chi connectivity index (χ2v) is 9.07. The fourth-order valence-electron chi connectivity index (χ4n) is 2.73. The molecular formula is C21H22N2O4S2. The number of benzene rings is 2. The first-order valence-electron chi connectivity index (χ1n) is 9.05. The second-order valence-electron chi connectivity index (χ2n) is 6.18. The van der Waals surface area contributed by atoms with E-state index in [1.165, 1.54) is 30.5 Å². The highest BCUT2D eigenvalue weighted by Crippen LogP contribution is 2.29. The third-order valence-electron chi connectivity index (χ3n) is 4.28. The lowest BCUT2D eigenvalue weighted by molar-refractivity contribution is 0.0955. The van der Waals surface area contributed by atoms with Gasteiger partial charge in [-0.1, -0.05) is 30.3 Å². The van der Waals surface area contributed by atoms with E-state index in [0.29, 0.717) is 23.7 Å². The van der Waals surface area contributed by atoms with Crippen molar-refractivity contribution in [1.29, 1.82) is 0 Å². The number of thiophene rings is 1. The molecule has 0 aliphatic rings. The molecule has 0 fully saturated rings. The van der Waals surface area contributed by atoms with E-state index in [2.05, 4.69) is 5.32 Å². The topological polar surface area (TPSA) is 75.7 Å². The number of amides is 1. The molecule has 6 nitrogen and oxygen atoms in total. The number of carbonyl (C=O) groups is 1. The van der Waals surface area contributed by atoms with Crippen LogP contribution < -0.4 is 14.4 Å². The number of nitrogens with zero attached hydrogens (tertiary/aromatic N) is 1. The molecular weight excluding hydrogens is 408 g/mol. The van der Waals surface area contributed by atoms with E-state index in [0.717, 1.165) is 15.6 Å². The summed E-state index contributed by atoms with van der Waals surface area (Å²) in [5.41, 5.74) is 1.27. The van der Waals surface area contributed by atoms with Crippen molar-refractivity contribution in [2.45, 2.75) is 18.4 Å². The van der Waals surface area contributed by atoms with Crippen LogP contribution in [-0.2, 0) is 16.6 Å². The molecule has 0 atom stereocenters. The Morgan fingerprint density at radius 2 is 1.76 bits per heavy atom. The summed E-state index contributed by atoms with van der Waals surface area (Å²) in [5, 5.41) is 4.55. The Kier molecular flexibility index (Phi) is 6.56. The molecule has 0 unspecified atom stereocenters. The number of hydrogen-bond donors (Lipinski definition) is 1. The van der Waals surface area contributed by atoms with Crippen LogP contribution in [0.1, 0.15) is 22.2 Å². The number of hydrogen-bond acceptors (Lipinski definition) is 5. The highest BCUT2D eigenvalue weighted by Gasteiger charge is 2.26. The molecule has 1 heterocycles. The first kappa shape index (κ1) is 20.9. The Balaban J connectivity index is 1.73. The van der Waals surface area contributed by atoms with Crippen LogP contribution in [0, 0.1) is 0 Å². The quantitative estimate of drug-likeness (QED) is 0.588. The predicted molar refractivity (Wildman–Crippen MR) is 115 cm³/mol. The van der Waals surface area contributed by atoms with Crippen molar-refractivity contribution in [2.75, 3.05) is 18.0 Å². The van der Waals surface area contributed by atoms with E-state index in [9.17, 15) is 13.2 Å². The summed E-state index contributed by atoms with van der Waals surface area (Å²) in [6.45, 7) is 2.84. The molecule has 8 heteroatoms. The zero-order valence-electron chi connectivity index (χ0n) is 16.2. The lowest BCUT2D eigenvalue weighted by atomic mass is 10.2. The van der Waals surface area contributed by atoms with E-state index in [1.54, 1.807) is 29.6 Å². The van der Waals surface area contributed by atoms with E-state index in [4.69, 9.17) is 4.74 Å². The van der Waals surface area contributed by atoms with Gasteiger partial charge in [0.15, 0.2) is 0 Å². The first-order chi connectivity index (χ1) is 13.9. The average molecular weight is 431 g/mol. The summed E-state index contributed by atoms with van der Waals surface area (Å²) in [4.78, 5) is 13.2. The minimum absolute atomic E-state index is 0.175. The molecule has 152 valence electrons. The minimum atomic E-state index is -3.75. The number of ether oxygens (including phenoxy) is 1. The normalized spacial score (nSPS) is 11.1. The number of anilines is 1. The monoisotopic (exact) mass is 430 g/mol. The number of sulfonamides is 1. The van der Waals surface area contributed by atoms with Crippen LogP contribution in [0.15, 0.2) is 70.9 Å². The Labute approximate surface area is 174 Å². The number of nitrogens with one attached hydrogen (secondary N) is 1. The summed E-state index contributed by atoms with van der Waals surface area (Å²) < 4.78 is 32.3. The summed E-state index contributed by atoms with van der Waals surface area (Å²) in [6, 6.07) is 17.2. The van der Waals surface area contributed by atoms with Crippen LogP contribution in [0.25, 0.3) is 0 Å². The zero-order chi connectivity index (χ0) is 20.9. The maximum absolute atomic E-state index is 12.9. The number of rotatable bonds is 8. The van der Waals surface area contributed by atoms with E-state index < -0.39 is 10.0 Å². The van der Waals surface area contributed by atoms with Crippen molar-refractivity contribution < 1.29 is 17.9 Å². The van der Waals surface area contributed by atoms with Crippen LogP contribution in [0.3, 0.4) is 0 Å². The van der Waals surface area contributed by atoms with Gasteiger partial charge >= 0.3 is 0 Å². The summed E-state index contributed by atoms with van der Waals surface area (Å²) in [7, 11) is -2.30. The Morgan fingerprint density at radius 3 is 2.41 bits per heavy atom. The van der Waals surface area contributed by atoms with Gasteiger partial charge in [0, 0.05) is 13.6 Å². The van der Waals surface area contributed by atoms with E-state index >= 15 is 0 Å². The van der Waals surface area contributed by atoms with Gasteiger partial charge in [-0.2, -0.15) is 0 Å². The lowest BCUT2D eigenvalue weighted by Crippen LogP contribution is -2.29. The Bertz CT molecular complexity index is 1060. The van der Waals surface area contributed by atoms with E-state index in [1.807, 2.05) is 31.2 Å². The van der Waals surface area contributed by atoms with Crippen LogP contribution in [0.5, 0.6) is 5.75 Å². The molecule has 1 N–H and O–H groups in total. The summed E-state index contributed by atoms with van der Waals surface area (Å²) in [5.74, 6) is 0.454. The van der Waals surface area contributed by atoms with Crippen molar-refractivity contribution in [1.82, 2.24) is 5.32 Å². The van der Waals surface area contributed by atoms with Gasteiger partial charge in [-0.15, -0.1) is 11.3 Å². The van der Waals surface area contributed by atoms with E-state index in [-0.39, 0.29) is 10.8 Å². The van der Waals surface area contributed by atoms with Crippen molar-refractivity contribution >= 4 is 33.0 Å². The van der Waals surface area contributed by atoms with Gasteiger partial charge in [-0.05, 0) is 48.2 Å². The fraction of sp³-hybridized carbons (Fsp3) is 0.190. The van der Waals surface area contributed by atoms with Gasteiger partial charge in [-0.3, -0.25) is 9.10 Å². The highest BCUT2D eigenvalue weighted by molar-refractivity contribution is 7.92. The van der Waals surface area contributed by atoms with Crippen LogP contribution >= 0.6 is 11.3 Å². The smallest absolute Gasteiger partial charge is 0.264 e. The third kappa shape index (κ3) is 4.78. The van der Waals surface area contributed by atoms with Gasteiger partial charge in [0.05, 0.1) is 17.2 Å². The van der Waals surface area contributed by atoms with Gasteiger partial charge in [0.2, 0.25) is 0 Å². The van der Waals surface area contributed by atoms with Crippen molar-refractivity contribution in [2.24, 2.45) is 0 Å². The maximum atomic E-state index is 12.9. The first-order valence-corrected chi connectivity index (χ1v) is 11.4. The van der Waals surface area contributed by atoms with Crippen LogP contribution in [-0.4, -0.2) is 28.0 Å².